The molecule has 6 nitrogen and oxygen atoms in total. The van der Waals surface area contributed by atoms with Crippen molar-refractivity contribution >= 4 is 5.97 Å². The molecular weight excluding hydrogens is 276 g/mol. The van der Waals surface area contributed by atoms with Gasteiger partial charge in [0.1, 0.15) is 0 Å². The van der Waals surface area contributed by atoms with E-state index in [0.717, 1.165) is 19.3 Å². The number of hydrogen-bond donors (Lipinski definition) is 4. The summed E-state index contributed by atoms with van der Waals surface area (Å²) in [5.74, 6) is -1.66. The van der Waals surface area contributed by atoms with Crippen LogP contribution in [0.4, 0.5) is 0 Å². The van der Waals surface area contributed by atoms with E-state index in [4.69, 9.17) is 14.9 Å². The summed E-state index contributed by atoms with van der Waals surface area (Å²) in [6.45, 7) is 1.01. The van der Waals surface area contributed by atoms with Crippen molar-refractivity contribution < 1.29 is 30.0 Å². The number of hydrogen-bond acceptors (Lipinski definition) is 5. The first-order valence-corrected chi connectivity index (χ1v) is 7.49. The second kappa shape index (κ2) is 9.89. The summed E-state index contributed by atoms with van der Waals surface area (Å²) in [5, 5.41) is 37.1. The van der Waals surface area contributed by atoms with Gasteiger partial charge in [-0.15, -0.1) is 0 Å². The molecule has 0 saturated heterocycles. The van der Waals surface area contributed by atoms with Gasteiger partial charge in [0.05, 0.1) is 31.8 Å². The number of aliphatic hydroxyl groups is 3. The Labute approximate surface area is 125 Å². The van der Waals surface area contributed by atoms with E-state index < -0.39 is 24.1 Å². The first-order valence-electron chi connectivity index (χ1n) is 7.49. The van der Waals surface area contributed by atoms with Crippen molar-refractivity contribution in [2.24, 2.45) is 11.8 Å². The second-order valence-corrected chi connectivity index (χ2v) is 5.47. The van der Waals surface area contributed by atoms with Crippen LogP contribution < -0.4 is 0 Å². The topological polar surface area (TPSA) is 107 Å². The van der Waals surface area contributed by atoms with Gasteiger partial charge in [0.15, 0.2) is 0 Å². The molecule has 122 valence electrons. The molecule has 1 aliphatic rings. The van der Waals surface area contributed by atoms with E-state index in [0.29, 0.717) is 13.2 Å². The highest BCUT2D eigenvalue weighted by atomic mass is 16.5. The Kier molecular flexibility index (Phi) is 8.52. The van der Waals surface area contributed by atoms with Gasteiger partial charge in [-0.3, -0.25) is 4.79 Å². The van der Waals surface area contributed by atoms with E-state index in [1.54, 1.807) is 0 Å². The molecule has 0 aromatic heterocycles. The van der Waals surface area contributed by atoms with Gasteiger partial charge in [-0.2, -0.15) is 0 Å². The Bertz CT molecular complexity index is 330. The van der Waals surface area contributed by atoms with Crippen molar-refractivity contribution in [1.29, 1.82) is 0 Å². The van der Waals surface area contributed by atoms with Gasteiger partial charge in [0, 0.05) is 24.9 Å². The zero-order chi connectivity index (χ0) is 15.7. The van der Waals surface area contributed by atoms with Crippen molar-refractivity contribution in [2.75, 3.05) is 19.8 Å². The fourth-order valence-electron chi connectivity index (χ4n) is 2.75. The number of carboxylic acid groups (broad SMARTS) is 1. The van der Waals surface area contributed by atoms with Crippen LogP contribution in [0.25, 0.3) is 0 Å². The predicted molar refractivity (Wildman–Crippen MR) is 76.8 cm³/mol. The molecule has 4 atom stereocenters. The Morgan fingerprint density at radius 1 is 1.19 bits per heavy atom. The Morgan fingerprint density at radius 2 is 1.95 bits per heavy atom. The summed E-state index contributed by atoms with van der Waals surface area (Å²) in [6.07, 6.45) is 5.10. The third kappa shape index (κ3) is 6.56. The molecular formula is C15H26O6. The average molecular weight is 302 g/mol. The molecule has 1 saturated carbocycles. The van der Waals surface area contributed by atoms with Crippen molar-refractivity contribution in [3.8, 4) is 0 Å². The van der Waals surface area contributed by atoms with Crippen molar-refractivity contribution in [3.05, 3.63) is 12.2 Å². The molecule has 0 radical (unpaired) electrons. The van der Waals surface area contributed by atoms with Crippen LogP contribution in [-0.4, -0.2) is 58.4 Å². The van der Waals surface area contributed by atoms with Crippen molar-refractivity contribution in [3.63, 3.8) is 0 Å². The summed E-state index contributed by atoms with van der Waals surface area (Å²) in [7, 11) is 0. The van der Waals surface area contributed by atoms with Gasteiger partial charge in [-0.1, -0.05) is 12.2 Å². The third-order valence-corrected chi connectivity index (χ3v) is 3.83. The molecule has 0 spiro atoms. The first-order chi connectivity index (χ1) is 10.1. The minimum absolute atomic E-state index is 0.0345. The summed E-state index contributed by atoms with van der Waals surface area (Å²) in [4.78, 5) is 10.8. The lowest BCUT2D eigenvalue weighted by Gasteiger charge is -2.18. The van der Waals surface area contributed by atoms with E-state index in [1.807, 2.05) is 12.2 Å². The number of unbranched alkanes of at least 4 members (excludes halogenated alkanes) is 2. The minimum atomic E-state index is -0.951. The number of aliphatic hydroxyl groups excluding tert-OH is 3. The summed E-state index contributed by atoms with van der Waals surface area (Å²) in [5.41, 5.74) is 0. The van der Waals surface area contributed by atoms with E-state index in [1.165, 1.54) is 0 Å². The second-order valence-electron chi connectivity index (χ2n) is 5.47. The highest BCUT2D eigenvalue weighted by Crippen LogP contribution is 2.36. The summed E-state index contributed by atoms with van der Waals surface area (Å²) < 4.78 is 5.14. The zero-order valence-corrected chi connectivity index (χ0v) is 12.2. The Hall–Kier alpha value is -0.950. The molecule has 0 aromatic rings. The van der Waals surface area contributed by atoms with Gasteiger partial charge in [0.2, 0.25) is 0 Å². The summed E-state index contributed by atoms with van der Waals surface area (Å²) >= 11 is 0. The number of aliphatic carboxylic acids is 1. The van der Waals surface area contributed by atoms with Crippen LogP contribution in [0.5, 0.6) is 0 Å². The highest BCUT2D eigenvalue weighted by molar-refractivity contribution is 5.67. The monoisotopic (exact) mass is 302 g/mol. The number of allylic oxidation sites excluding steroid dienone is 1. The van der Waals surface area contributed by atoms with Crippen molar-refractivity contribution in [1.82, 2.24) is 0 Å². The molecule has 1 aliphatic carbocycles. The lowest BCUT2D eigenvalue weighted by Crippen LogP contribution is -2.23. The summed E-state index contributed by atoms with van der Waals surface area (Å²) in [6, 6.07) is 0. The minimum Gasteiger partial charge on any atom is -0.481 e. The standard InChI is InChI=1S/C15H26O6/c16-6-8-21-7-4-2-1-3-5-11-12(9-15(19)20)14(18)10-13(11)17/h3,5,11-14,16-18H,1-2,4,6-10H2,(H,19,20)/t11-,12-,13-,14+/m1/s1. The van der Waals surface area contributed by atoms with E-state index in [2.05, 4.69) is 0 Å². The molecule has 1 rings (SSSR count). The molecule has 4 N–H and O–H groups in total. The zero-order valence-electron chi connectivity index (χ0n) is 12.2. The maximum Gasteiger partial charge on any atom is 0.303 e. The number of rotatable bonds is 10. The van der Waals surface area contributed by atoms with Gasteiger partial charge >= 0.3 is 5.97 Å². The molecule has 0 heterocycles. The Morgan fingerprint density at radius 3 is 2.62 bits per heavy atom. The Balaban J connectivity index is 2.30. The molecule has 0 unspecified atom stereocenters. The first kappa shape index (κ1) is 18.1. The fraction of sp³-hybridized carbons (Fsp3) is 0.800. The largest absolute Gasteiger partial charge is 0.481 e. The smallest absolute Gasteiger partial charge is 0.303 e. The maximum atomic E-state index is 10.8. The fourth-order valence-corrected chi connectivity index (χ4v) is 2.75. The SMILES string of the molecule is O=C(O)C[C@@H]1[C@@H](C=CCCCCOCCO)[C@H](O)C[C@@H]1O. The van der Waals surface area contributed by atoms with Gasteiger partial charge < -0.3 is 25.2 Å². The molecule has 0 amide bonds. The van der Waals surface area contributed by atoms with Crippen LogP contribution in [0.1, 0.15) is 32.1 Å². The van der Waals surface area contributed by atoms with Crippen LogP contribution in [0.3, 0.4) is 0 Å². The molecule has 21 heavy (non-hydrogen) atoms. The van der Waals surface area contributed by atoms with Crippen LogP contribution in [0, 0.1) is 11.8 Å². The predicted octanol–water partition coefficient (Wildman–Crippen LogP) is 0.554. The lowest BCUT2D eigenvalue weighted by atomic mass is 9.90. The molecule has 1 fully saturated rings. The van der Waals surface area contributed by atoms with E-state index in [-0.39, 0.29) is 25.4 Å². The number of carboxylic acids is 1. The van der Waals surface area contributed by atoms with Gasteiger partial charge in [0.25, 0.3) is 0 Å². The van der Waals surface area contributed by atoms with Crippen LogP contribution >= 0.6 is 0 Å². The van der Waals surface area contributed by atoms with E-state index >= 15 is 0 Å². The lowest BCUT2D eigenvalue weighted by molar-refractivity contribution is -0.139. The normalized spacial score (nSPS) is 29.3. The van der Waals surface area contributed by atoms with Crippen LogP contribution in [0.15, 0.2) is 12.2 Å². The molecule has 0 aromatic carbocycles. The maximum absolute atomic E-state index is 10.8. The number of ether oxygens (including phenoxy) is 1. The molecule has 0 bridgehead atoms. The van der Waals surface area contributed by atoms with Gasteiger partial charge in [-0.05, 0) is 19.3 Å². The molecule has 0 aliphatic heterocycles. The third-order valence-electron chi connectivity index (χ3n) is 3.83. The van der Waals surface area contributed by atoms with Crippen LogP contribution in [-0.2, 0) is 9.53 Å². The van der Waals surface area contributed by atoms with Crippen LogP contribution in [0.2, 0.25) is 0 Å². The molecule has 6 heteroatoms. The average Bonchev–Trinajstić information content (AvgIpc) is 2.67. The quantitative estimate of drug-likeness (QED) is 0.347. The van der Waals surface area contributed by atoms with Crippen molar-refractivity contribution in [2.45, 2.75) is 44.3 Å². The van der Waals surface area contributed by atoms with E-state index in [9.17, 15) is 15.0 Å². The highest BCUT2D eigenvalue weighted by Gasteiger charge is 2.41. The van der Waals surface area contributed by atoms with Gasteiger partial charge in [-0.25, -0.2) is 0 Å². The number of carbonyl (C=O) groups is 1.